The van der Waals surface area contributed by atoms with Crippen LogP contribution < -0.4 is 15.4 Å². The van der Waals surface area contributed by atoms with Crippen molar-refractivity contribution in [3.8, 4) is 5.75 Å². The Labute approximate surface area is 120 Å². The Bertz CT molecular complexity index is 584. The molecule has 1 fully saturated rings. The van der Waals surface area contributed by atoms with Crippen LogP contribution in [-0.2, 0) is 9.84 Å². The lowest BCUT2D eigenvalue weighted by molar-refractivity contribution is 0.406. The van der Waals surface area contributed by atoms with Gasteiger partial charge in [0.05, 0.1) is 18.6 Å². The van der Waals surface area contributed by atoms with E-state index in [1.807, 2.05) is 32.0 Å². The van der Waals surface area contributed by atoms with Crippen molar-refractivity contribution in [1.29, 1.82) is 0 Å². The minimum absolute atomic E-state index is 0.0571. The molecule has 1 aromatic carbocycles. The molecule has 0 amide bonds. The van der Waals surface area contributed by atoms with Crippen molar-refractivity contribution in [2.75, 3.05) is 30.1 Å². The van der Waals surface area contributed by atoms with Crippen LogP contribution in [0.4, 0.5) is 5.69 Å². The first-order valence-corrected chi connectivity index (χ1v) is 8.57. The normalized spacial score (nSPS) is 23.4. The lowest BCUT2D eigenvalue weighted by Crippen LogP contribution is -2.47. The van der Waals surface area contributed by atoms with Crippen LogP contribution in [0.3, 0.4) is 0 Å². The summed E-state index contributed by atoms with van der Waals surface area (Å²) in [4.78, 5) is 2.11. The summed E-state index contributed by atoms with van der Waals surface area (Å²) in [5, 5.41) is 0. The summed E-state index contributed by atoms with van der Waals surface area (Å²) in [6.45, 7) is 4.34. The standard InChI is InChI=1S/C14H22N2O3S/c1-10-9-20(17,18)8-7-16(10)12-5-4-6-13(19-3)14(12)11(2)15/h4-6,10-11H,7-9,15H2,1-3H3. The van der Waals surface area contributed by atoms with E-state index in [1.54, 1.807) is 7.11 Å². The van der Waals surface area contributed by atoms with Crippen molar-refractivity contribution in [3.05, 3.63) is 23.8 Å². The van der Waals surface area contributed by atoms with Crippen molar-refractivity contribution >= 4 is 15.5 Å². The van der Waals surface area contributed by atoms with Gasteiger partial charge in [-0.2, -0.15) is 0 Å². The second-order valence-corrected chi connectivity index (χ2v) is 7.57. The predicted molar refractivity (Wildman–Crippen MR) is 81.1 cm³/mol. The van der Waals surface area contributed by atoms with E-state index in [1.165, 1.54) is 0 Å². The maximum atomic E-state index is 11.7. The third kappa shape index (κ3) is 2.91. The number of nitrogens with two attached hydrogens (primary N) is 1. The van der Waals surface area contributed by atoms with E-state index in [-0.39, 0.29) is 23.6 Å². The first kappa shape index (κ1) is 15.1. The maximum absolute atomic E-state index is 11.7. The fraction of sp³-hybridized carbons (Fsp3) is 0.571. The van der Waals surface area contributed by atoms with Gasteiger partial charge in [0.2, 0.25) is 0 Å². The SMILES string of the molecule is COc1cccc(N2CCS(=O)(=O)CC2C)c1C(C)N. The van der Waals surface area contributed by atoms with Crippen LogP contribution in [-0.4, -0.2) is 39.6 Å². The minimum atomic E-state index is -2.93. The molecule has 2 N–H and O–H groups in total. The molecule has 2 atom stereocenters. The highest BCUT2D eigenvalue weighted by atomic mass is 32.2. The number of hydrogen-bond acceptors (Lipinski definition) is 5. The molecule has 1 aromatic rings. The number of anilines is 1. The van der Waals surface area contributed by atoms with Gasteiger partial charge < -0.3 is 15.4 Å². The molecule has 5 nitrogen and oxygen atoms in total. The highest BCUT2D eigenvalue weighted by molar-refractivity contribution is 7.91. The summed E-state index contributed by atoms with van der Waals surface area (Å²) < 4.78 is 28.8. The molecule has 0 spiro atoms. The summed E-state index contributed by atoms with van der Waals surface area (Å²) in [7, 11) is -1.31. The van der Waals surface area contributed by atoms with Crippen LogP contribution in [0.25, 0.3) is 0 Å². The molecule has 0 saturated carbocycles. The first-order chi connectivity index (χ1) is 9.35. The van der Waals surface area contributed by atoms with Crippen molar-refractivity contribution in [1.82, 2.24) is 0 Å². The van der Waals surface area contributed by atoms with E-state index >= 15 is 0 Å². The minimum Gasteiger partial charge on any atom is -0.496 e. The summed E-state index contributed by atoms with van der Waals surface area (Å²) in [6, 6.07) is 5.55. The van der Waals surface area contributed by atoms with E-state index in [4.69, 9.17) is 10.5 Å². The molecule has 1 heterocycles. The van der Waals surface area contributed by atoms with Gasteiger partial charge in [-0.15, -0.1) is 0 Å². The Hall–Kier alpha value is -1.27. The number of benzene rings is 1. The third-order valence-corrected chi connectivity index (χ3v) is 5.49. The van der Waals surface area contributed by atoms with E-state index in [0.29, 0.717) is 6.54 Å². The molecule has 1 saturated heterocycles. The van der Waals surface area contributed by atoms with Crippen molar-refractivity contribution in [3.63, 3.8) is 0 Å². The number of sulfone groups is 1. The van der Waals surface area contributed by atoms with Gasteiger partial charge in [-0.3, -0.25) is 0 Å². The predicted octanol–water partition coefficient (Wildman–Crippen LogP) is 1.34. The van der Waals surface area contributed by atoms with Gasteiger partial charge in [0, 0.05) is 29.9 Å². The fourth-order valence-electron chi connectivity index (χ4n) is 2.78. The number of nitrogens with zero attached hydrogens (tertiary/aromatic N) is 1. The van der Waals surface area contributed by atoms with Gasteiger partial charge in [0.25, 0.3) is 0 Å². The maximum Gasteiger partial charge on any atom is 0.154 e. The Balaban J connectivity index is 2.43. The second-order valence-electron chi connectivity index (χ2n) is 5.34. The zero-order chi connectivity index (χ0) is 14.9. The van der Waals surface area contributed by atoms with Crippen LogP contribution in [0.2, 0.25) is 0 Å². The molecular weight excluding hydrogens is 276 g/mol. The smallest absolute Gasteiger partial charge is 0.154 e. The molecule has 0 bridgehead atoms. The molecule has 1 aliphatic rings. The molecule has 2 rings (SSSR count). The Morgan fingerprint density at radius 1 is 1.45 bits per heavy atom. The third-order valence-electron chi connectivity index (χ3n) is 3.70. The molecule has 112 valence electrons. The van der Waals surface area contributed by atoms with E-state index in [0.717, 1.165) is 17.0 Å². The van der Waals surface area contributed by atoms with Gasteiger partial charge in [-0.25, -0.2) is 8.42 Å². The largest absolute Gasteiger partial charge is 0.496 e. The molecule has 1 aliphatic heterocycles. The molecule has 2 unspecified atom stereocenters. The van der Waals surface area contributed by atoms with Crippen molar-refractivity contribution in [2.45, 2.75) is 25.9 Å². The van der Waals surface area contributed by atoms with Gasteiger partial charge in [0.15, 0.2) is 9.84 Å². The molecule has 0 aromatic heterocycles. The summed E-state index contributed by atoms with van der Waals surface area (Å²) >= 11 is 0. The zero-order valence-electron chi connectivity index (χ0n) is 12.2. The molecule has 0 radical (unpaired) electrons. The molecule has 20 heavy (non-hydrogen) atoms. The van der Waals surface area contributed by atoms with Crippen LogP contribution in [0.5, 0.6) is 5.75 Å². The lowest BCUT2D eigenvalue weighted by Gasteiger charge is -2.37. The van der Waals surface area contributed by atoms with Crippen LogP contribution in [0.1, 0.15) is 25.5 Å². The van der Waals surface area contributed by atoms with Crippen molar-refractivity contribution < 1.29 is 13.2 Å². The second kappa shape index (κ2) is 5.61. The van der Waals surface area contributed by atoms with Gasteiger partial charge in [-0.1, -0.05) is 6.07 Å². The quantitative estimate of drug-likeness (QED) is 0.911. The topological polar surface area (TPSA) is 72.6 Å². The van der Waals surface area contributed by atoms with Gasteiger partial charge in [0.1, 0.15) is 5.75 Å². The van der Waals surface area contributed by atoms with Crippen LogP contribution in [0, 0.1) is 0 Å². The zero-order valence-corrected chi connectivity index (χ0v) is 13.0. The van der Waals surface area contributed by atoms with E-state index in [2.05, 4.69) is 4.90 Å². The Morgan fingerprint density at radius 3 is 2.70 bits per heavy atom. The highest BCUT2D eigenvalue weighted by Gasteiger charge is 2.30. The Kier molecular flexibility index (Phi) is 4.25. The average molecular weight is 298 g/mol. The van der Waals surface area contributed by atoms with Crippen LogP contribution >= 0.6 is 0 Å². The summed E-state index contributed by atoms with van der Waals surface area (Å²) in [6.07, 6.45) is 0. The number of rotatable bonds is 3. The first-order valence-electron chi connectivity index (χ1n) is 6.75. The summed E-state index contributed by atoms with van der Waals surface area (Å²) in [5.41, 5.74) is 7.98. The molecule has 6 heteroatoms. The average Bonchev–Trinajstić information content (AvgIpc) is 2.36. The monoisotopic (exact) mass is 298 g/mol. The van der Waals surface area contributed by atoms with E-state index < -0.39 is 9.84 Å². The number of methoxy groups -OCH3 is 1. The van der Waals surface area contributed by atoms with E-state index in [9.17, 15) is 8.42 Å². The Morgan fingerprint density at radius 2 is 2.15 bits per heavy atom. The van der Waals surface area contributed by atoms with Crippen molar-refractivity contribution in [2.24, 2.45) is 5.73 Å². The number of hydrogen-bond donors (Lipinski definition) is 1. The summed E-state index contributed by atoms with van der Waals surface area (Å²) in [5.74, 6) is 1.12. The highest BCUT2D eigenvalue weighted by Crippen LogP contribution is 2.35. The lowest BCUT2D eigenvalue weighted by atomic mass is 10.0. The molecular formula is C14H22N2O3S. The number of ether oxygens (including phenoxy) is 1. The molecule has 0 aliphatic carbocycles. The fourth-order valence-corrected chi connectivity index (χ4v) is 4.33. The van der Waals surface area contributed by atoms with Crippen LogP contribution in [0.15, 0.2) is 18.2 Å². The van der Waals surface area contributed by atoms with Gasteiger partial charge >= 0.3 is 0 Å². The van der Waals surface area contributed by atoms with Gasteiger partial charge in [-0.05, 0) is 26.0 Å².